The number of ketones is 1. The summed E-state index contributed by atoms with van der Waals surface area (Å²) in [6.45, 7) is 4.33. The second kappa shape index (κ2) is 6.07. The molecule has 1 saturated heterocycles. The van der Waals surface area contributed by atoms with Gasteiger partial charge in [0, 0.05) is 23.5 Å². The van der Waals surface area contributed by atoms with Crippen LogP contribution in [0.4, 0.5) is 4.39 Å². The van der Waals surface area contributed by atoms with Crippen molar-refractivity contribution < 1.29 is 13.9 Å². The van der Waals surface area contributed by atoms with Crippen molar-refractivity contribution in [1.29, 1.82) is 0 Å². The zero-order valence-corrected chi connectivity index (χ0v) is 11.3. The van der Waals surface area contributed by atoms with Crippen LogP contribution in [0.25, 0.3) is 0 Å². The zero-order valence-electron chi connectivity index (χ0n) is 9.75. The third kappa shape index (κ3) is 3.60. The van der Waals surface area contributed by atoms with Gasteiger partial charge in [-0.15, -0.1) is 0 Å². The lowest BCUT2D eigenvalue weighted by Gasteiger charge is -2.28. The number of carbonyl (C=O) groups excluding carboxylic acids is 1. The van der Waals surface area contributed by atoms with Gasteiger partial charge in [-0.2, -0.15) is 0 Å². The van der Waals surface area contributed by atoms with Crippen LogP contribution in [0.2, 0.25) is 0 Å². The Morgan fingerprint density at radius 1 is 1.41 bits per heavy atom. The van der Waals surface area contributed by atoms with Gasteiger partial charge >= 0.3 is 0 Å². The normalized spacial score (nSPS) is 27.6. The van der Waals surface area contributed by atoms with E-state index in [0.29, 0.717) is 10.9 Å². The molecule has 0 spiro atoms. The van der Waals surface area contributed by atoms with E-state index < -0.39 is 0 Å². The summed E-state index contributed by atoms with van der Waals surface area (Å²) in [6.07, 6.45) is 1.31. The number of rotatable bonds is 3. The van der Waals surface area contributed by atoms with E-state index in [1.54, 1.807) is 0 Å². The second-order valence-electron chi connectivity index (χ2n) is 4.60. The minimum Gasteiger partial charge on any atom is -0.379 e. The third-order valence-electron chi connectivity index (χ3n) is 3.40. The van der Waals surface area contributed by atoms with Crippen LogP contribution in [-0.2, 0) is 9.53 Å². The molecular weight excluding hydrogens is 289 g/mol. The van der Waals surface area contributed by atoms with Crippen LogP contribution >= 0.6 is 15.9 Å². The summed E-state index contributed by atoms with van der Waals surface area (Å²) >= 11 is 3.21. The third-order valence-corrected chi connectivity index (χ3v) is 4.16. The molecule has 1 fully saturated rings. The van der Waals surface area contributed by atoms with Gasteiger partial charge in [-0.05, 0) is 19.4 Å². The minimum absolute atomic E-state index is 0.0216. The van der Waals surface area contributed by atoms with Crippen molar-refractivity contribution in [2.75, 3.05) is 32.8 Å². The number of Topliss-reactive ketones (excluding diaryl/α,β-unsaturated/α-hetero) is 1. The molecule has 2 aliphatic rings. The first-order valence-corrected chi connectivity index (χ1v) is 6.82. The van der Waals surface area contributed by atoms with E-state index in [9.17, 15) is 9.18 Å². The van der Waals surface area contributed by atoms with Crippen LogP contribution in [0, 0.1) is 5.92 Å². The average Bonchev–Trinajstić information content (AvgIpc) is 2.33. The Bertz CT molecular complexity index is 326. The number of halogens is 2. The highest BCUT2D eigenvalue weighted by atomic mass is 79.9. The van der Waals surface area contributed by atoms with Crippen molar-refractivity contribution in [2.45, 2.75) is 19.3 Å². The molecule has 1 unspecified atom stereocenters. The molecule has 0 radical (unpaired) electrons. The van der Waals surface area contributed by atoms with E-state index >= 15 is 0 Å². The van der Waals surface area contributed by atoms with E-state index in [2.05, 4.69) is 20.8 Å². The van der Waals surface area contributed by atoms with Crippen LogP contribution in [0.15, 0.2) is 10.3 Å². The van der Waals surface area contributed by atoms with E-state index in [1.165, 1.54) is 0 Å². The summed E-state index contributed by atoms with van der Waals surface area (Å²) in [5.41, 5.74) is 0. The largest absolute Gasteiger partial charge is 0.379 e. The first kappa shape index (κ1) is 13.2. The first-order valence-electron chi connectivity index (χ1n) is 6.02. The van der Waals surface area contributed by atoms with E-state index in [-0.39, 0.29) is 23.9 Å². The summed E-state index contributed by atoms with van der Waals surface area (Å²) in [5.74, 6) is -0.275. The molecule has 0 saturated carbocycles. The van der Waals surface area contributed by atoms with Gasteiger partial charge in [-0.3, -0.25) is 9.69 Å². The molecule has 3 nitrogen and oxygen atoms in total. The Kier molecular flexibility index (Phi) is 4.70. The van der Waals surface area contributed by atoms with E-state index in [4.69, 9.17) is 4.74 Å². The van der Waals surface area contributed by atoms with Crippen LogP contribution < -0.4 is 0 Å². The molecule has 1 aliphatic carbocycles. The highest BCUT2D eigenvalue weighted by molar-refractivity contribution is 9.11. The summed E-state index contributed by atoms with van der Waals surface area (Å²) < 4.78 is 19.0. The van der Waals surface area contributed by atoms with Crippen molar-refractivity contribution in [2.24, 2.45) is 5.92 Å². The van der Waals surface area contributed by atoms with Gasteiger partial charge in [0.25, 0.3) is 0 Å². The Morgan fingerprint density at radius 2 is 2.12 bits per heavy atom. The van der Waals surface area contributed by atoms with Gasteiger partial charge in [0.05, 0.1) is 19.6 Å². The molecule has 1 heterocycles. The van der Waals surface area contributed by atoms with Crippen LogP contribution in [0.5, 0.6) is 0 Å². The molecule has 5 heteroatoms. The van der Waals surface area contributed by atoms with E-state index in [0.717, 1.165) is 39.3 Å². The van der Waals surface area contributed by atoms with Crippen molar-refractivity contribution >= 4 is 21.7 Å². The molecule has 0 aromatic heterocycles. The summed E-state index contributed by atoms with van der Waals surface area (Å²) in [7, 11) is 0. The Labute approximate surface area is 109 Å². The van der Waals surface area contributed by atoms with Gasteiger partial charge in [0.1, 0.15) is 11.6 Å². The standard InChI is InChI=1S/C12H17BrFNO2/c13-10-7-9(12(16)8-11(10)14)1-2-15-3-5-17-6-4-15/h9H,1-8H2. The predicted octanol–water partition coefficient (Wildman–Crippen LogP) is 2.26. The predicted molar refractivity (Wildman–Crippen MR) is 66.7 cm³/mol. The molecular formula is C12H17BrFNO2. The lowest BCUT2D eigenvalue weighted by Crippen LogP contribution is -2.38. The van der Waals surface area contributed by atoms with Gasteiger partial charge in [-0.25, -0.2) is 4.39 Å². The summed E-state index contributed by atoms with van der Waals surface area (Å²) in [6, 6.07) is 0. The molecule has 2 rings (SSSR count). The molecule has 17 heavy (non-hydrogen) atoms. The molecule has 96 valence electrons. The highest BCUT2D eigenvalue weighted by Crippen LogP contribution is 2.33. The van der Waals surface area contributed by atoms with Crippen LogP contribution in [0.1, 0.15) is 19.3 Å². The zero-order chi connectivity index (χ0) is 12.3. The molecule has 1 atom stereocenters. The molecule has 0 aromatic carbocycles. The monoisotopic (exact) mass is 305 g/mol. The molecule has 0 amide bonds. The lowest BCUT2D eigenvalue weighted by atomic mass is 9.89. The topological polar surface area (TPSA) is 29.5 Å². The van der Waals surface area contributed by atoms with Crippen molar-refractivity contribution in [3.05, 3.63) is 10.3 Å². The SMILES string of the molecule is O=C1CC(F)=C(Br)CC1CCN1CCOCC1. The van der Waals surface area contributed by atoms with E-state index in [1.807, 2.05) is 0 Å². The number of allylic oxidation sites excluding steroid dienone is 2. The van der Waals surface area contributed by atoms with Crippen molar-refractivity contribution in [3.8, 4) is 0 Å². The Hall–Kier alpha value is -0.260. The molecule has 1 aliphatic heterocycles. The fraction of sp³-hybridized carbons (Fsp3) is 0.750. The van der Waals surface area contributed by atoms with Gasteiger partial charge in [-0.1, -0.05) is 15.9 Å². The summed E-state index contributed by atoms with van der Waals surface area (Å²) in [4.78, 5) is 14.0. The quantitative estimate of drug-likeness (QED) is 0.801. The molecule has 0 bridgehead atoms. The summed E-state index contributed by atoms with van der Waals surface area (Å²) in [5, 5.41) is 0. The minimum atomic E-state index is -0.294. The lowest BCUT2D eigenvalue weighted by molar-refractivity contribution is -0.123. The van der Waals surface area contributed by atoms with Crippen molar-refractivity contribution in [3.63, 3.8) is 0 Å². The average molecular weight is 306 g/mol. The van der Waals surface area contributed by atoms with Gasteiger partial charge in [0.2, 0.25) is 0 Å². The maximum absolute atomic E-state index is 13.2. The number of carbonyl (C=O) groups is 1. The maximum atomic E-state index is 13.2. The smallest absolute Gasteiger partial charge is 0.143 e. The molecule has 0 aromatic rings. The first-order chi connectivity index (χ1) is 8.16. The fourth-order valence-corrected chi connectivity index (χ4v) is 2.79. The number of morpholine rings is 1. The number of hydrogen-bond donors (Lipinski definition) is 0. The fourth-order valence-electron chi connectivity index (χ4n) is 2.26. The Morgan fingerprint density at radius 3 is 2.82 bits per heavy atom. The van der Waals surface area contributed by atoms with Crippen LogP contribution in [-0.4, -0.2) is 43.5 Å². The van der Waals surface area contributed by atoms with Gasteiger partial charge < -0.3 is 4.74 Å². The molecule has 0 N–H and O–H groups in total. The highest BCUT2D eigenvalue weighted by Gasteiger charge is 2.27. The van der Waals surface area contributed by atoms with Crippen LogP contribution in [0.3, 0.4) is 0 Å². The Balaban J connectivity index is 1.81. The number of ether oxygens (including phenoxy) is 1. The maximum Gasteiger partial charge on any atom is 0.143 e. The number of nitrogens with zero attached hydrogens (tertiary/aromatic N) is 1. The van der Waals surface area contributed by atoms with Crippen molar-refractivity contribution in [1.82, 2.24) is 4.90 Å². The number of hydrogen-bond acceptors (Lipinski definition) is 3. The second-order valence-corrected chi connectivity index (χ2v) is 5.55. The van der Waals surface area contributed by atoms with Gasteiger partial charge in [0.15, 0.2) is 0 Å².